The van der Waals surface area contributed by atoms with Gasteiger partial charge in [0.1, 0.15) is 5.75 Å². The number of carbonyl (C=O) groups is 2. The van der Waals surface area contributed by atoms with Crippen molar-refractivity contribution in [1.82, 2.24) is 0 Å². The molecule has 15 heavy (non-hydrogen) atoms. The van der Waals surface area contributed by atoms with Crippen LogP contribution in [0.15, 0.2) is 36.4 Å². The maximum absolute atomic E-state index is 11.1. The average molecular weight is 206 g/mol. The molecule has 0 heterocycles. The minimum atomic E-state index is -0.684. The quantitative estimate of drug-likeness (QED) is 0.492. The molecular weight excluding hydrogens is 196 g/mol. The van der Waals surface area contributed by atoms with E-state index in [2.05, 4.69) is 5.32 Å². The number of phenols is 1. The zero-order chi connectivity index (χ0) is 11.3. The van der Waals surface area contributed by atoms with Crippen LogP contribution in [0.2, 0.25) is 0 Å². The van der Waals surface area contributed by atoms with Crippen LogP contribution in [-0.2, 0) is 9.59 Å². The summed E-state index contributed by atoms with van der Waals surface area (Å²) in [4.78, 5) is 21.5. The molecule has 2 amide bonds. The number of nitrogens with two attached hydrogens (primary N) is 1. The van der Waals surface area contributed by atoms with E-state index in [0.717, 1.165) is 12.2 Å². The maximum atomic E-state index is 11.1. The van der Waals surface area contributed by atoms with E-state index in [-0.39, 0.29) is 5.75 Å². The Balaban J connectivity index is 2.59. The molecule has 1 rings (SSSR count). The predicted molar refractivity (Wildman–Crippen MR) is 55.1 cm³/mol. The minimum absolute atomic E-state index is 0.112. The summed E-state index contributed by atoms with van der Waals surface area (Å²) in [6, 6.07) is 5.94. The van der Waals surface area contributed by atoms with Crippen molar-refractivity contribution in [2.24, 2.45) is 5.73 Å². The second-order valence-corrected chi connectivity index (χ2v) is 2.77. The highest BCUT2D eigenvalue weighted by atomic mass is 16.3. The van der Waals surface area contributed by atoms with Gasteiger partial charge in [0.15, 0.2) is 0 Å². The van der Waals surface area contributed by atoms with Crippen molar-refractivity contribution in [1.29, 1.82) is 0 Å². The first kappa shape index (κ1) is 10.8. The Morgan fingerprint density at radius 3 is 2.33 bits per heavy atom. The van der Waals surface area contributed by atoms with E-state index in [4.69, 9.17) is 10.8 Å². The van der Waals surface area contributed by atoms with Gasteiger partial charge < -0.3 is 16.2 Å². The van der Waals surface area contributed by atoms with Gasteiger partial charge in [0.2, 0.25) is 11.8 Å². The highest BCUT2D eigenvalue weighted by molar-refractivity contribution is 6.03. The number of aromatic hydroxyl groups is 1. The molecule has 0 saturated carbocycles. The van der Waals surface area contributed by atoms with Gasteiger partial charge in [-0.25, -0.2) is 0 Å². The molecule has 0 saturated heterocycles. The van der Waals surface area contributed by atoms with Crippen LogP contribution in [0.5, 0.6) is 5.75 Å². The van der Waals surface area contributed by atoms with E-state index in [1.807, 2.05) is 0 Å². The number of nitrogens with one attached hydrogen (secondary N) is 1. The van der Waals surface area contributed by atoms with Crippen molar-refractivity contribution in [2.75, 3.05) is 5.32 Å². The summed E-state index contributed by atoms with van der Waals surface area (Å²) in [6.07, 6.45) is 2.00. The van der Waals surface area contributed by atoms with Gasteiger partial charge in [0, 0.05) is 17.8 Å². The number of anilines is 1. The normalized spacial score (nSPS) is 10.1. The highest BCUT2D eigenvalue weighted by Gasteiger charge is 1.97. The molecule has 0 aliphatic carbocycles. The van der Waals surface area contributed by atoms with E-state index >= 15 is 0 Å². The number of phenolic OH excluding ortho intramolecular Hbond substituents is 1. The lowest BCUT2D eigenvalue weighted by Gasteiger charge is -2.01. The van der Waals surface area contributed by atoms with Crippen LogP contribution >= 0.6 is 0 Å². The summed E-state index contributed by atoms with van der Waals surface area (Å²) in [5, 5.41) is 11.5. The molecule has 0 radical (unpaired) electrons. The van der Waals surface area contributed by atoms with Crippen molar-refractivity contribution in [3.8, 4) is 5.75 Å². The monoisotopic (exact) mass is 206 g/mol. The fraction of sp³-hybridized carbons (Fsp3) is 0. The Morgan fingerprint density at radius 2 is 1.80 bits per heavy atom. The van der Waals surface area contributed by atoms with Gasteiger partial charge in [0.05, 0.1) is 0 Å². The van der Waals surface area contributed by atoms with Gasteiger partial charge in [-0.3, -0.25) is 9.59 Å². The van der Waals surface area contributed by atoms with Crippen molar-refractivity contribution in [2.45, 2.75) is 0 Å². The number of hydrogen-bond acceptors (Lipinski definition) is 3. The molecule has 1 aromatic carbocycles. The van der Waals surface area contributed by atoms with Crippen LogP contribution < -0.4 is 11.1 Å². The molecule has 78 valence electrons. The molecule has 0 aliphatic heterocycles. The molecule has 0 unspecified atom stereocenters. The molecule has 0 aromatic heterocycles. The smallest absolute Gasteiger partial charge is 0.248 e. The number of hydrogen-bond donors (Lipinski definition) is 3. The van der Waals surface area contributed by atoms with Gasteiger partial charge in [-0.2, -0.15) is 0 Å². The van der Waals surface area contributed by atoms with Crippen LogP contribution in [0, 0.1) is 0 Å². The third kappa shape index (κ3) is 3.95. The second-order valence-electron chi connectivity index (χ2n) is 2.77. The Labute approximate surface area is 86.2 Å². The first-order valence-corrected chi connectivity index (χ1v) is 4.15. The van der Waals surface area contributed by atoms with Crippen molar-refractivity contribution in [3.63, 3.8) is 0 Å². The largest absolute Gasteiger partial charge is 0.508 e. The van der Waals surface area contributed by atoms with E-state index in [9.17, 15) is 9.59 Å². The van der Waals surface area contributed by atoms with Gasteiger partial charge in [0.25, 0.3) is 0 Å². The van der Waals surface area contributed by atoms with Crippen LogP contribution in [0.1, 0.15) is 0 Å². The summed E-state index contributed by atoms with van der Waals surface area (Å²) in [5.41, 5.74) is 5.34. The summed E-state index contributed by atoms with van der Waals surface area (Å²) in [6.45, 7) is 0. The molecule has 5 nitrogen and oxygen atoms in total. The first-order chi connectivity index (χ1) is 7.08. The molecule has 4 N–H and O–H groups in total. The second kappa shape index (κ2) is 4.80. The van der Waals surface area contributed by atoms with Crippen molar-refractivity contribution in [3.05, 3.63) is 36.4 Å². The molecule has 5 heteroatoms. The lowest BCUT2D eigenvalue weighted by atomic mass is 10.3. The van der Waals surface area contributed by atoms with Crippen LogP contribution in [0.3, 0.4) is 0 Å². The van der Waals surface area contributed by atoms with Gasteiger partial charge in [-0.05, 0) is 24.3 Å². The number of primary amides is 1. The topological polar surface area (TPSA) is 92.4 Å². The third-order valence-corrected chi connectivity index (χ3v) is 1.53. The van der Waals surface area contributed by atoms with Gasteiger partial charge >= 0.3 is 0 Å². The van der Waals surface area contributed by atoms with Crippen molar-refractivity contribution >= 4 is 17.5 Å². The third-order valence-electron chi connectivity index (χ3n) is 1.53. The Hall–Kier alpha value is -2.30. The minimum Gasteiger partial charge on any atom is -0.508 e. The molecule has 1 aromatic rings. The zero-order valence-corrected chi connectivity index (χ0v) is 7.81. The zero-order valence-electron chi connectivity index (χ0n) is 7.81. The molecule has 0 aliphatic rings. The van der Waals surface area contributed by atoms with Crippen LogP contribution in [0.25, 0.3) is 0 Å². The van der Waals surface area contributed by atoms with E-state index in [1.165, 1.54) is 24.3 Å². The van der Waals surface area contributed by atoms with E-state index in [1.54, 1.807) is 0 Å². The fourth-order valence-electron chi connectivity index (χ4n) is 0.887. The first-order valence-electron chi connectivity index (χ1n) is 4.15. The van der Waals surface area contributed by atoms with Gasteiger partial charge in [-0.15, -0.1) is 0 Å². The standard InChI is InChI=1S/C10H10N2O3/c11-9(14)5-6-10(15)12-7-1-3-8(13)4-2-7/h1-6,13H,(H2,11,14)(H,12,15). The van der Waals surface area contributed by atoms with E-state index in [0.29, 0.717) is 5.69 Å². The Kier molecular flexibility index (Phi) is 3.45. The summed E-state index contributed by atoms with van der Waals surface area (Å²) >= 11 is 0. The predicted octanol–water partition coefficient (Wildman–Crippen LogP) is 0.372. The van der Waals surface area contributed by atoms with E-state index < -0.39 is 11.8 Å². The lowest BCUT2D eigenvalue weighted by Crippen LogP contribution is -2.11. The highest BCUT2D eigenvalue weighted by Crippen LogP contribution is 2.13. The summed E-state index contributed by atoms with van der Waals surface area (Å²) in [7, 11) is 0. The number of carbonyl (C=O) groups excluding carboxylic acids is 2. The SMILES string of the molecule is NC(=O)C=CC(=O)Nc1ccc(O)cc1. The van der Waals surface area contributed by atoms with Crippen LogP contribution in [0.4, 0.5) is 5.69 Å². The molecule has 0 bridgehead atoms. The number of rotatable bonds is 3. The van der Waals surface area contributed by atoms with Crippen molar-refractivity contribution < 1.29 is 14.7 Å². The Morgan fingerprint density at radius 1 is 1.20 bits per heavy atom. The molecule has 0 atom stereocenters. The molecule has 0 spiro atoms. The fourth-order valence-corrected chi connectivity index (χ4v) is 0.887. The molecule has 0 fully saturated rings. The summed E-state index contributed by atoms with van der Waals surface area (Å²) in [5.74, 6) is -1.03. The lowest BCUT2D eigenvalue weighted by molar-refractivity contribution is -0.115. The molecular formula is C10H10N2O3. The number of benzene rings is 1. The Bertz CT molecular complexity index is 396. The summed E-state index contributed by atoms with van der Waals surface area (Å²) < 4.78 is 0. The van der Waals surface area contributed by atoms with Gasteiger partial charge in [-0.1, -0.05) is 0 Å². The average Bonchev–Trinajstić information content (AvgIpc) is 2.19. The number of amides is 2. The maximum Gasteiger partial charge on any atom is 0.248 e. The van der Waals surface area contributed by atoms with Crippen LogP contribution in [-0.4, -0.2) is 16.9 Å².